The molecule has 0 aliphatic rings. The Balaban J connectivity index is 0. The van der Waals surface area contributed by atoms with Crippen LogP contribution >= 0.6 is 0 Å². The molecule has 0 atom stereocenters. The van der Waals surface area contributed by atoms with Crippen LogP contribution in [0.1, 0.15) is 58.3 Å². The molecular weight excluding hydrogens is 188 g/mol. The average molecular weight is 218 g/mol. The second kappa shape index (κ2) is 19.5. The molecule has 0 heterocycles. The Morgan fingerprint density at radius 2 is 1.20 bits per heavy atom. The quantitative estimate of drug-likeness (QED) is 0.518. The largest absolute Gasteiger partial charge is 0.396 e. The topological polar surface area (TPSA) is 72.3 Å². The van der Waals surface area contributed by atoms with E-state index in [1.807, 2.05) is 0 Å². The molecule has 15 heavy (non-hydrogen) atoms. The minimum absolute atomic E-state index is 0.324. The Morgan fingerprint density at radius 3 is 1.60 bits per heavy atom. The molecule has 0 aliphatic heterocycles. The van der Waals surface area contributed by atoms with Crippen molar-refractivity contribution in [2.75, 3.05) is 19.7 Å². The summed E-state index contributed by atoms with van der Waals surface area (Å²) in [7, 11) is 0. The van der Waals surface area contributed by atoms with Crippen molar-refractivity contribution in [3.8, 4) is 0 Å². The normalized spacial score (nSPS) is 9.60. The van der Waals surface area contributed by atoms with Gasteiger partial charge >= 0.3 is 0 Å². The molecule has 3 nitrogen and oxygen atoms in total. The van der Waals surface area contributed by atoms with Crippen LogP contribution in [-0.4, -0.2) is 24.8 Å². The minimum atomic E-state index is 0.324. The Kier molecular flexibility index (Phi) is 22.4. The zero-order chi connectivity index (χ0) is 11.8. The Morgan fingerprint density at radius 1 is 0.733 bits per heavy atom. The predicted molar refractivity (Wildman–Crippen MR) is 67.8 cm³/mol. The van der Waals surface area contributed by atoms with Crippen molar-refractivity contribution >= 4 is 0 Å². The lowest BCUT2D eigenvalue weighted by Gasteiger charge is -1.93. The Bertz CT molecular complexity index is 79.7. The molecule has 0 radical (unpaired) electrons. The van der Waals surface area contributed by atoms with Gasteiger partial charge in [0, 0.05) is 6.61 Å². The number of nitrogens with two attached hydrogens (primary N) is 2. The van der Waals surface area contributed by atoms with Gasteiger partial charge in [-0.2, -0.15) is 0 Å². The second-order valence-corrected chi connectivity index (χ2v) is 3.78. The molecule has 0 unspecified atom stereocenters. The number of aliphatic hydroxyl groups is 1. The smallest absolute Gasteiger partial charge is 0.0431 e. The van der Waals surface area contributed by atoms with E-state index in [-0.39, 0.29) is 0 Å². The molecule has 0 bridgehead atoms. The van der Waals surface area contributed by atoms with E-state index < -0.39 is 0 Å². The maximum absolute atomic E-state index is 8.33. The van der Waals surface area contributed by atoms with Crippen LogP contribution < -0.4 is 11.5 Å². The van der Waals surface area contributed by atoms with Crippen LogP contribution in [-0.2, 0) is 0 Å². The molecule has 3 heteroatoms. The van der Waals surface area contributed by atoms with Gasteiger partial charge < -0.3 is 16.6 Å². The molecular formula is C12H30N2O. The molecule has 0 rings (SSSR count). The van der Waals surface area contributed by atoms with Crippen molar-refractivity contribution in [1.29, 1.82) is 0 Å². The van der Waals surface area contributed by atoms with Gasteiger partial charge in [0.05, 0.1) is 0 Å². The van der Waals surface area contributed by atoms with Crippen molar-refractivity contribution in [1.82, 2.24) is 0 Å². The second-order valence-electron chi connectivity index (χ2n) is 3.78. The van der Waals surface area contributed by atoms with Crippen LogP contribution in [0.3, 0.4) is 0 Å². The highest BCUT2D eigenvalue weighted by Gasteiger charge is 1.84. The van der Waals surface area contributed by atoms with Crippen molar-refractivity contribution in [3.05, 3.63) is 0 Å². The van der Waals surface area contributed by atoms with Crippen LogP contribution in [0.15, 0.2) is 0 Å². The SMILES string of the molecule is CCCCCCN.NCCCCCCO. The summed E-state index contributed by atoms with van der Waals surface area (Å²) < 4.78 is 0. The van der Waals surface area contributed by atoms with Crippen molar-refractivity contribution in [2.45, 2.75) is 58.3 Å². The van der Waals surface area contributed by atoms with E-state index in [1.54, 1.807) is 0 Å². The zero-order valence-corrected chi connectivity index (χ0v) is 10.4. The van der Waals surface area contributed by atoms with Crippen LogP contribution in [0.4, 0.5) is 0 Å². The number of rotatable bonds is 9. The fraction of sp³-hybridized carbons (Fsp3) is 1.00. The molecule has 0 saturated heterocycles. The van der Waals surface area contributed by atoms with E-state index in [2.05, 4.69) is 6.92 Å². The summed E-state index contributed by atoms with van der Waals surface area (Å²) in [6, 6.07) is 0. The predicted octanol–water partition coefficient (Wildman–Crippen LogP) is 2.02. The molecule has 0 fully saturated rings. The van der Waals surface area contributed by atoms with Crippen molar-refractivity contribution in [2.24, 2.45) is 11.5 Å². The monoisotopic (exact) mass is 218 g/mol. The van der Waals surface area contributed by atoms with E-state index >= 15 is 0 Å². The first kappa shape index (κ1) is 17.3. The minimum Gasteiger partial charge on any atom is -0.396 e. The third-order valence-corrected chi connectivity index (χ3v) is 2.17. The van der Waals surface area contributed by atoms with Gasteiger partial charge in [-0.3, -0.25) is 0 Å². The van der Waals surface area contributed by atoms with E-state index in [1.165, 1.54) is 25.7 Å². The summed E-state index contributed by atoms with van der Waals surface area (Å²) in [6.45, 7) is 4.17. The number of aliphatic hydroxyl groups excluding tert-OH is 1. The first-order chi connectivity index (χ1) is 7.33. The highest BCUT2D eigenvalue weighted by Crippen LogP contribution is 1.96. The van der Waals surface area contributed by atoms with Gasteiger partial charge in [-0.1, -0.05) is 39.0 Å². The molecule has 94 valence electrons. The van der Waals surface area contributed by atoms with Gasteiger partial charge in [-0.25, -0.2) is 0 Å². The lowest BCUT2D eigenvalue weighted by molar-refractivity contribution is 0.282. The molecule has 5 N–H and O–H groups in total. The highest BCUT2D eigenvalue weighted by molar-refractivity contribution is 4.41. The summed E-state index contributed by atoms with van der Waals surface area (Å²) in [6.07, 6.45) is 9.48. The van der Waals surface area contributed by atoms with E-state index in [0.717, 1.165) is 38.8 Å². The van der Waals surface area contributed by atoms with Gasteiger partial charge in [0.1, 0.15) is 0 Å². The fourth-order valence-electron chi connectivity index (χ4n) is 1.18. The van der Waals surface area contributed by atoms with Gasteiger partial charge in [0.2, 0.25) is 0 Å². The third kappa shape index (κ3) is 24.8. The molecule has 0 amide bonds. The van der Waals surface area contributed by atoms with E-state index in [4.69, 9.17) is 16.6 Å². The highest BCUT2D eigenvalue weighted by atomic mass is 16.2. The standard InChI is InChI=1S/C6H15NO.C6H15N/c7-5-3-1-2-4-6-8;1-2-3-4-5-6-7/h8H,1-7H2;2-7H2,1H3. The lowest BCUT2D eigenvalue weighted by Crippen LogP contribution is -1.97. The molecule has 0 spiro atoms. The molecule has 0 aromatic heterocycles. The molecule has 0 aromatic carbocycles. The average Bonchev–Trinajstić information content (AvgIpc) is 2.26. The lowest BCUT2D eigenvalue weighted by atomic mass is 10.2. The number of hydrogen-bond donors (Lipinski definition) is 3. The van der Waals surface area contributed by atoms with Gasteiger partial charge in [-0.05, 0) is 32.4 Å². The first-order valence-electron chi connectivity index (χ1n) is 6.34. The van der Waals surface area contributed by atoms with Crippen LogP contribution in [0.2, 0.25) is 0 Å². The summed E-state index contributed by atoms with van der Waals surface area (Å²) in [5, 5.41) is 8.33. The van der Waals surface area contributed by atoms with E-state index in [9.17, 15) is 0 Å². The Labute approximate surface area is 95.2 Å². The summed E-state index contributed by atoms with van der Waals surface area (Å²) in [4.78, 5) is 0. The number of hydrogen-bond acceptors (Lipinski definition) is 3. The zero-order valence-electron chi connectivity index (χ0n) is 10.4. The molecule has 0 saturated carbocycles. The summed E-state index contributed by atoms with van der Waals surface area (Å²) >= 11 is 0. The maximum Gasteiger partial charge on any atom is 0.0431 e. The van der Waals surface area contributed by atoms with Crippen LogP contribution in [0.25, 0.3) is 0 Å². The van der Waals surface area contributed by atoms with E-state index in [0.29, 0.717) is 6.61 Å². The molecule has 0 aromatic rings. The summed E-state index contributed by atoms with van der Waals surface area (Å²) in [5.74, 6) is 0. The fourth-order valence-corrected chi connectivity index (χ4v) is 1.18. The van der Waals surface area contributed by atoms with Gasteiger partial charge in [0.25, 0.3) is 0 Å². The summed E-state index contributed by atoms with van der Waals surface area (Å²) in [5.41, 5.74) is 10.5. The maximum atomic E-state index is 8.33. The molecule has 0 aliphatic carbocycles. The van der Waals surface area contributed by atoms with Gasteiger partial charge in [-0.15, -0.1) is 0 Å². The Hall–Kier alpha value is -0.120. The van der Waals surface area contributed by atoms with Gasteiger partial charge in [0.15, 0.2) is 0 Å². The first-order valence-corrected chi connectivity index (χ1v) is 6.34. The van der Waals surface area contributed by atoms with Crippen molar-refractivity contribution < 1.29 is 5.11 Å². The van der Waals surface area contributed by atoms with Crippen LogP contribution in [0.5, 0.6) is 0 Å². The third-order valence-electron chi connectivity index (χ3n) is 2.17. The number of unbranched alkanes of at least 4 members (excludes halogenated alkanes) is 6. The van der Waals surface area contributed by atoms with Crippen LogP contribution in [0, 0.1) is 0 Å². The van der Waals surface area contributed by atoms with Crippen molar-refractivity contribution in [3.63, 3.8) is 0 Å².